The summed E-state index contributed by atoms with van der Waals surface area (Å²) in [4.78, 5) is -0.329. The Labute approximate surface area is 100 Å². The van der Waals surface area contributed by atoms with E-state index in [1.165, 1.54) is 0 Å². The van der Waals surface area contributed by atoms with Crippen molar-refractivity contribution in [3.05, 3.63) is 0 Å². The van der Waals surface area contributed by atoms with Crippen LogP contribution >= 0.6 is 12.6 Å². The maximum Gasteiger partial charge on any atom is 0.116 e. The normalized spacial score (nSPS) is 38.3. The molecule has 4 heteroatoms. The lowest BCUT2D eigenvalue weighted by atomic mass is 9.55. The van der Waals surface area contributed by atoms with Gasteiger partial charge in [0.1, 0.15) is 12.8 Å². The third-order valence-electron chi connectivity index (χ3n) is 3.97. The first kappa shape index (κ1) is 13.4. The van der Waals surface area contributed by atoms with Crippen molar-refractivity contribution in [3.8, 4) is 0 Å². The van der Waals surface area contributed by atoms with Crippen molar-refractivity contribution in [1.29, 1.82) is 0 Å². The molecule has 88 valence electrons. The minimum Gasteiger partial charge on any atom is -0.363 e. The van der Waals surface area contributed by atoms with E-state index in [0.29, 0.717) is 11.8 Å². The fraction of sp³-hybridized carbons (Fsp3) is 1.00. The van der Waals surface area contributed by atoms with Crippen molar-refractivity contribution in [2.75, 3.05) is 19.7 Å². The van der Waals surface area contributed by atoms with E-state index in [4.69, 9.17) is 17.4 Å². The molecule has 1 rings (SSSR count). The van der Waals surface area contributed by atoms with Gasteiger partial charge >= 0.3 is 0 Å². The second-order valence-electron chi connectivity index (χ2n) is 5.45. The van der Waals surface area contributed by atoms with E-state index in [1.807, 2.05) is 0 Å². The molecule has 0 aliphatic carbocycles. The molecule has 0 aromatic carbocycles. The number of hydrogen-bond donors (Lipinski definition) is 2. The van der Waals surface area contributed by atoms with Crippen molar-refractivity contribution < 1.29 is 4.74 Å². The zero-order valence-corrected chi connectivity index (χ0v) is 11.5. The molecule has 15 heavy (non-hydrogen) atoms. The Kier molecular flexibility index (Phi) is 4.18. The molecule has 0 amide bonds. The van der Waals surface area contributed by atoms with Crippen LogP contribution in [0.3, 0.4) is 0 Å². The van der Waals surface area contributed by atoms with Crippen LogP contribution in [0.15, 0.2) is 0 Å². The molecule has 2 atom stereocenters. The summed E-state index contributed by atoms with van der Waals surface area (Å²) in [5.74, 6) is 0.955. The Bertz CT molecular complexity index is 203. The molecular weight excluding hydrogens is 205 g/mol. The first-order valence-electron chi connectivity index (χ1n) is 5.91. The predicted molar refractivity (Wildman–Crippen MR) is 71.5 cm³/mol. The van der Waals surface area contributed by atoms with Gasteiger partial charge in [-0.2, -0.15) is 0 Å². The minimum atomic E-state index is -0.329. The topological polar surface area (TPSA) is 21.3 Å². The summed E-state index contributed by atoms with van der Waals surface area (Å²) in [6, 6.07) is 0. The van der Waals surface area contributed by atoms with E-state index < -0.39 is 0 Å². The molecule has 0 bridgehead atoms. The number of rotatable bonds is 2. The maximum atomic E-state index is 6.03. The van der Waals surface area contributed by atoms with Crippen LogP contribution in [-0.2, 0) is 4.74 Å². The summed E-state index contributed by atoms with van der Waals surface area (Å²) < 4.78 is 6.03. The van der Waals surface area contributed by atoms with Gasteiger partial charge in [0.25, 0.3) is 0 Å². The Morgan fingerprint density at radius 3 is 2.33 bits per heavy atom. The third-order valence-corrected chi connectivity index (χ3v) is 5.12. The first-order valence-corrected chi connectivity index (χ1v) is 6.36. The van der Waals surface area contributed by atoms with Gasteiger partial charge in [-0.3, -0.25) is 0 Å². The highest BCUT2D eigenvalue weighted by atomic mass is 32.1. The first-order chi connectivity index (χ1) is 6.84. The van der Waals surface area contributed by atoms with Crippen LogP contribution in [-0.4, -0.2) is 32.5 Å². The summed E-state index contributed by atoms with van der Waals surface area (Å²) in [6.45, 7) is 11.6. The lowest BCUT2D eigenvalue weighted by molar-refractivity contribution is -0.0332. The predicted octanol–water partition coefficient (Wildman–Crippen LogP) is 1.34. The third kappa shape index (κ3) is 2.22. The highest BCUT2D eigenvalue weighted by molar-refractivity contribution is 7.81. The molecule has 1 N–H and O–H groups in total. The van der Waals surface area contributed by atoms with Crippen LogP contribution in [0, 0.1) is 11.8 Å². The minimum absolute atomic E-state index is 0.0702. The van der Waals surface area contributed by atoms with Crippen molar-refractivity contribution in [1.82, 2.24) is 5.32 Å². The average molecular weight is 229 g/mol. The molecule has 1 fully saturated rings. The van der Waals surface area contributed by atoms with Gasteiger partial charge < -0.3 is 10.1 Å². The van der Waals surface area contributed by atoms with Crippen molar-refractivity contribution in [3.63, 3.8) is 0 Å². The molecule has 1 heterocycles. The molecule has 1 aliphatic heterocycles. The van der Waals surface area contributed by atoms with Crippen LogP contribution in [0.1, 0.15) is 27.7 Å². The van der Waals surface area contributed by atoms with Gasteiger partial charge in [0.15, 0.2) is 0 Å². The molecule has 0 radical (unpaired) electrons. The van der Waals surface area contributed by atoms with Gasteiger partial charge in [-0.25, -0.2) is 0 Å². The fourth-order valence-electron chi connectivity index (χ4n) is 2.36. The number of ether oxygens (including phenoxy) is 1. The molecule has 1 unspecified atom stereocenters. The number of thiol groups is 1. The number of nitrogens with one attached hydrogen (secondary N) is 1. The zero-order chi connectivity index (χ0) is 11.7. The van der Waals surface area contributed by atoms with Gasteiger partial charge in [0.05, 0.1) is 6.61 Å². The van der Waals surface area contributed by atoms with E-state index in [2.05, 4.69) is 40.9 Å². The van der Waals surface area contributed by atoms with Crippen molar-refractivity contribution in [2.24, 2.45) is 11.8 Å². The Hall–Kier alpha value is 0.335. The van der Waals surface area contributed by atoms with E-state index in [-0.39, 0.29) is 10.2 Å². The maximum absolute atomic E-state index is 6.03. The molecule has 1 saturated heterocycles. The van der Waals surface area contributed by atoms with E-state index in [9.17, 15) is 0 Å². The Morgan fingerprint density at radius 1 is 1.27 bits per heavy atom. The van der Waals surface area contributed by atoms with E-state index in [1.54, 1.807) is 0 Å². The monoisotopic (exact) mass is 229 g/mol. The van der Waals surface area contributed by atoms with Crippen LogP contribution in [0.2, 0.25) is 5.31 Å². The lowest BCUT2D eigenvalue weighted by Crippen LogP contribution is -2.50. The second kappa shape index (κ2) is 4.68. The van der Waals surface area contributed by atoms with Gasteiger partial charge in [-0.05, 0) is 23.7 Å². The summed E-state index contributed by atoms with van der Waals surface area (Å²) in [5, 5.41) is 3.53. The van der Waals surface area contributed by atoms with Crippen LogP contribution in [0.4, 0.5) is 0 Å². The summed E-state index contributed by atoms with van der Waals surface area (Å²) >= 11 is 4.87. The van der Waals surface area contributed by atoms with Gasteiger partial charge in [-0.15, -0.1) is 12.6 Å². The van der Waals surface area contributed by atoms with Crippen LogP contribution < -0.4 is 5.32 Å². The quantitative estimate of drug-likeness (QED) is 0.550. The van der Waals surface area contributed by atoms with Gasteiger partial charge in [-0.1, -0.05) is 27.7 Å². The molecule has 1 aliphatic rings. The van der Waals surface area contributed by atoms with E-state index >= 15 is 0 Å². The molecule has 0 aromatic heterocycles. The largest absolute Gasteiger partial charge is 0.363 e. The van der Waals surface area contributed by atoms with Gasteiger partial charge in [0, 0.05) is 6.54 Å². The van der Waals surface area contributed by atoms with E-state index in [0.717, 1.165) is 19.7 Å². The fourth-order valence-corrected chi connectivity index (χ4v) is 2.79. The molecule has 0 saturated carbocycles. The van der Waals surface area contributed by atoms with Crippen molar-refractivity contribution >= 4 is 20.5 Å². The number of hydrogen-bond acceptors (Lipinski definition) is 3. The second-order valence-corrected chi connectivity index (χ2v) is 6.11. The SMILES string of the molecule is BC1(C(C)C)CNCCO[C@@]1(S)C(C)C. The smallest absolute Gasteiger partial charge is 0.116 e. The Balaban J connectivity index is 3.05. The average Bonchev–Trinajstić information content (AvgIpc) is 2.29. The molecule has 0 aromatic rings. The van der Waals surface area contributed by atoms with Crippen molar-refractivity contribution in [2.45, 2.75) is 37.9 Å². The highest BCUT2D eigenvalue weighted by Crippen LogP contribution is 2.52. The highest BCUT2D eigenvalue weighted by Gasteiger charge is 2.51. The van der Waals surface area contributed by atoms with Crippen LogP contribution in [0.25, 0.3) is 0 Å². The molecule has 2 nitrogen and oxygen atoms in total. The van der Waals surface area contributed by atoms with Crippen LogP contribution in [0.5, 0.6) is 0 Å². The summed E-state index contributed by atoms with van der Waals surface area (Å²) in [6.07, 6.45) is 0. The molecule has 0 spiro atoms. The van der Waals surface area contributed by atoms with Gasteiger partial charge in [0.2, 0.25) is 0 Å². The standard InChI is InChI=1S/C11H24BNOS/c1-8(2)10(12)7-13-5-6-14-11(10,15)9(3)4/h8-9,13,15H,5-7,12H2,1-4H3/t10?,11-/m1/s1. The Morgan fingerprint density at radius 2 is 1.87 bits per heavy atom. The summed E-state index contributed by atoms with van der Waals surface area (Å²) in [7, 11) is 2.28. The molecular formula is C11H24BNOS. The lowest BCUT2D eigenvalue weighted by Gasteiger charge is -2.49. The zero-order valence-electron chi connectivity index (χ0n) is 10.6. The summed E-state index contributed by atoms with van der Waals surface area (Å²) in [5.41, 5.74) is 0.